The van der Waals surface area contributed by atoms with Gasteiger partial charge in [-0.25, -0.2) is 23.7 Å². The number of halogens is 4. The summed E-state index contributed by atoms with van der Waals surface area (Å²) in [5, 5.41) is 9.14. The van der Waals surface area contributed by atoms with Crippen LogP contribution in [-0.2, 0) is 23.9 Å². The zero-order valence-corrected chi connectivity index (χ0v) is 22.7. The third-order valence-corrected chi connectivity index (χ3v) is 6.97. The molecular formula is C29H24F4N6O4. The van der Waals surface area contributed by atoms with Gasteiger partial charge < -0.3 is 15.4 Å². The average Bonchev–Trinajstić information content (AvgIpc) is 3.57. The van der Waals surface area contributed by atoms with E-state index in [0.717, 1.165) is 45.6 Å². The average molecular weight is 597 g/mol. The smallest absolute Gasteiger partial charge is 0.433 e. The summed E-state index contributed by atoms with van der Waals surface area (Å²) in [6, 6.07) is 7.28. The third-order valence-electron chi connectivity index (χ3n) is 6.97. The largest absolute Gasteiger partial charge is 0.458 e. The molecule has 0 spiro atoms. The molecule has 0 bridgehead atoms. The normalized spacial score (nSPS) is 14.3. The van der Waals surface area contributed by atoms with Crippen LogP contribution in [0.1, 0.15) is 71.9 Å². The van der Waals surface area contributed by atoms with Gasteiger partial charge in [0.05, 0.1) is 30.0 Å². The van der Waals surface area contributed by atoms with E-state index in [1.54, 1.807) is 19.1 Å². The van der Waals surface area contributed by atoms with Crippen LogP contribution < -0.4 is 10.6 Å². The summed E-state index contributed by atoms with van der Waals surface area (Å²) in [4.78, 5) is 46.2. The number of alkyl halides is 3. The van der Waals surface area contributed by atoms with E-state index in [2.05, 4.69) is 32.3 Å². The molecule has 0 saturated carbocycles. The summed E-state index contributed by atoms with van der Waals surface area (Å²) in [6.07, 6.45) is -1.25. The van der Waals surface area contributed by atoms with Gasteiger partial charge in [-0.15, -0.1) is 0 Å². The zero-order valence-electron chi connectivity index (χ0n) is 22.7. The molecule has 3 aromatic heterocycles. The topological polar surface area (TPSA) is 128 Å². The Kier molecular flexibility index (Phi) is 7.93. The summed E-state index contributed by atoms with van der Waals surface area (Å²) in [7, 11) is 0. The number of rotatable bonds is 8. The third kappa shape index (κ3) is 5.94. The van der Waals surface area contributed by atoms with Crippen molar-refractivity contribution in [2.45, 2.75) is 38.5 Å². The maximum absolute atomic E-state index is 14.5. The lowest BCUT2D eigenvalue weighted by Crippen LogP contribution is -2.31. The highest BCUT2D eigenvalue weighted by Crippen LogP contribution is 2.35. The van der Waals surface area contributed by atoms with Crippen LogP contribution in [-0.4, -0.2) is 44.0 Å². The standard InChI is InChI=1S/C29H24F4N6O4/c1-3-11-43-28(42)18-7-8-19-17(15(18)2)9-10-21(19)38-27(41)23-12-22(37-25-20(30)14-35-39(23)25)26(40)34-13-16-5-4-6-24(36-16)29(31,32)33/h3-8,12,14,21H,1,9-11,13H2,2H3,(H,34,40)(H,38,41)/t21-/m0/s1. The number of fused-ring (bicyclic) bond motifs is 2. The van der Waals surface area contributed by atoms with Crippen LogP contribution >= 0.6 is 0 Å². The Labute approximate surface area is 241 Å². The molecule has 222 valence electrons. The molecule has 0 fully saturated rings. The number of aromatic nitrogens is 4. The van der Waals surface area contributed by atoms with Crippen molar-refractivity contribution in [1.82, 2.24) is 30.2 Å². The van der Waals surface area contributed by atoms with Crippen LogP contribution in [0.3, 0.4) is 0 Å². The minimum atomic E-state index is -4.66. The summed E-state index contributed by atoms with van der Waals surface area (Å²) in [6.45, 7) is 5.03. The first-order valence-electron chi connectivity index (χ1n) is 13.0. The van der Waals surface area contributed by atoms with E-state index in [1.165, 1.54) is 12.1 Å². The van der Waals surface area contributed by atoms with Crippen molar-refractivity contribution in [2.75, 3.05) is 6.61 Å². The molecule has 2 N–H and O–H groups in total. The molecule has 10 nitrogen and oxygen atoms in total. The first kappa shape index (κ1) is 29.4. The molecule has 5 rings (SSSR count). The van der Waals surface area contributed by atoms with Crippen molar-refractivity contribution in [1.29, 1.82) is 0 Å². The number of carbonyl (C=O) groups excluding carboxylic acids is 3. The lowest BCUT2D eigenvalue weighted by molar-refractivity contribution is -0.141. The van der Waals surface area contributed by atoms with E-state index in [-0.39, 0.29) is 35.9 Å². The summed E-state index contributed by atoms with van der Waals surface area (Å²) >= 11 is 0. The lowest BCUT2D eigenvalue weighted by Gasteiger charge is -2.16. The summed E-state index contributed by atoms with van der Waals surface area (Å²) < 4.78 is 59.5. The van der Waals surface area contributed by atoms with Crippen molar-refractivity contribution in [3.05, 3.63) is 106 Å². The van der Waals surface area contributed by atoms with Gasteiger partial charge in [-0.2, -0.15) is 18.3 Å². The van der Waals surface area contributed by atoms with Gasteiger partial charge in [0.2, 0.25) is 0 Å². The molecule has 43 heavy (non-hydrogen) atoms. The molecule has 0 radical (unpaired) electrons. The van der Waals surface area contributed by atoms with Crippen molar-refractivity contribution in [3.8, 4) is 0 Å². The highest BCUT2D eigenvalue weighted by Gasteiger charge is 2.33. The number of hydrogen-bond acceptors (Lipinski definition) is 7. The highest BCUT2D eigenvalue weighted by molar-refractivity contribution is 5.98. The van der Waals surface area contributed by atoms with Crippen molar-refractivity contribution >= 4 is 23.4 Å². The Hall–Kier alpha value is -5.14. The second-order valence-electron chi connectivity index (χ2n) is 9.71. The zero-order chi connectivity index (χ0) is 30.9. The van der Waals surface area contributed by atoms with Gasteiger partial charge in [0, 0.05) is 6.07 Å². The van der Waals surface area contributed by atoms with Crippen LogP contribution in [0.4, 0.5) is 17.6 Å². The van der Waals surface area contributed by atoms with Crippen molar-refractivity contribution < 1.29 is 36.7 Å². The second-order valence-corrected chi connectivity index (χ2v) is 9.71. The fraction of sp³-hybridized carbons (Fsp3) is 0.241. The summed E-state index contributed by atoms with van der Waals surface area (Å²) in [5.41, 5.74) is 0.725. The number of ether oxygens (including phenoxy) is 1. The number of pyridine rings is 1. The fourth-order valence-corrected chi connectivity index (χ4v) is 4.91. The molecule has 1 aliphatic carbocycles. The predicted molar refractivity (Wildman–Crippen MR) is 144 cm³/mol. The van der Waals surface area contributed by atoms with Crippen molar-refractivity contribution in [2.24, 2.45) is 0 Å². The number of carbonyl (C=O) groups is 3. The van der Waals surface area contributed by atoms with E-state index in [0.29, 0.717) is 18.4 Å². The first-order chi connectivity index (χ1) is 20.5. The molecule has 1 aliphatic rings. The Morgan fingerprint density at radius 1 is 1.16 bits per heavy atom. The van der Waals surface area contributed by atoms with Crippen molar-refractivity contribution in [3.63, 3.8) is 0 Å². The van der Waals surface area contributed by atoms with Gasteiger partial charge in [0.1, 0.15) is 23.7 Å². The minimum Gasteiger partial charge on any atom is -0.458 e. The molecule has 3 heterocycles. The van der Waals surface area contributed by atoms with Gasteiger partial charge in [-0.3, -0.25) is 9.59 Å². The van der Waals surface area contributed by atoms with Crippen LogP contribution in [0, 0.1) is 12.7 Å². The van der Waals surface area contributed by atoms with E-state index in [1.807, 2.05) is 0 Å². The number of esters is 1. The number of benzene rings is 1. The fourth-order valence-electron chi connectivity index (χ4n) is 4.91. The first-order valence-corrected chi connectivity index (χ1v) is 13.0. The predicted octanol–water partition coefficient (Wildman–Crippen LogP) is 4.28. The van der Waals surface area contributed by atoms with E-state index in [4.69, 9.17) is 4.74 Å². The van der Waals surface area contributed by atoms with Crippen LogP contribution in [0.2, 0.25) is 0 Å². The molecule has 0 saturated heterocycles. The Morgan fingerprint density at radius 3 is 2.70 bits per heavy atom. The second kappa shape index (κ2) is 11.6. The highest BCUT2D eigenvalue weighted by atomic mass is 19.4. The molecule has 2 amide bonds. The lowest BCUT2D eigenvalue weighted by atomic mass is 9.98. The maximum atomic E-state index is 14.5. The van der Waals surface area contributed by atoms with Crippen LogP contribution in [0.5, 0.6) is 0 Å². The van der Waals surface area contributed by atoms with E-state index >= 15 is 0 Å². The van der Waals surface area contributed by atoms with E-state index in [9.17, 15) is 31.9 Å². The molecule has 0 aliphatic heterocycles. The minimum absolute atomic E-state index is 0.0647. The monoisotopic (exact) mass is 596 g/mol. The SMILES string of the molecule is C=CCOC(=O)c1ccc2c(c1C)CC[C@@H]2NC(=O)c1cc(C(=O)NCc2cccc(C(F)(F)F)n2)nc2c(F)cnn12. The molecule has 4 aromatic rings. The Bertz CT molecular complexity index is 1770. The molecule has 1 atom stereocenters. The van der Waals surface area contributed by atoms with Gasteiger partial charge in [-0.1, -0.05) is 24.8 Å². The molecule has 0 unspecified atom stereocenters. The van der Waals surface area contributed by atoms with Crippen LogP contribution in [0.15, 0.2) is 55.3 Å². The molecular weight excluding hydrogens is 572 g/mol. The number of nitrogens with zero attached hydrogens (tertiary/aromatic N) is 4. The molecule has 14 heteroatoms. The Morgan fingerprint density at radius 2 is 1.95 bits per heavy atom. The van der Waals surface area contributed by atoms with Gasteiger partial charge >= 0.3 is 12.1 Å². The summed E-state index contributed by atoms with van der Waals surface area (Å²) in [5.74, 6) is -2.91. The van der Waals surface area contributed by atoms with Gasteiger partial charge in [0.25, 0.3) is 11.8 Å². The number of amides is 2. The van der Waals surface area contributed by atoms with Gasteiger partial charge in [-0.05, 0) is 54.7 Å². The number of nitrogens with one attached hydrogen (secondary N) is 2. The maximum Gasteiger partial charge on any atom is 0.433 e. The van der Waals surface area contributed by atoms with Crippen LogP contribution in [0.25, 0.3) is 5.65 Å². The quantitative estimate of drug-likeness (QED) is 0.177. The van der Waals surface area contributed by atoms with Gasteiger partial charge in [0.15, 0.2) is 11.5 Å². The number of hydrogen-bond donors (Lipinski definition) is 2. The van der Waals surface area contributed by atoms with E-state index < -0.39 is 41.5 Å². The Balaban J connectivity index is 1.37. The molecule has 1 aromatic carbocycles.